The molecule has 7 nitrogen and oxygen atoms in total. The topological polar surface area (TPSA) is 92.8 Å². The van der Waals surface area contributed by atoms with Crippen LogP contribution in [0.5, 0.6) is 0 Å². The molecular formula is C22H28N2O5S. The van der Waals surface area contributed by atoms with Crippen LogP contribution >= 0.6 is 0 Å². The highest BCUT2D eigenvalue weighted by Gasteiger charge is 2.22. The van der Waals surface area contributed by atoms with E-state index in [0.717, 1.165) is 16.1 Å². The first kappa shape index (κ1) is 23.4. The molecule has 2 rings (SSSR count). The molecule has 0 saturated heterocycles. The van der Waals surface area contributed by atoms with Crippen LogP contribution in [0.2, 0.25) is 0 Å². The van der Waals surface area contributed by atoms with E-state index in [1.165, 1.54) is 0 Å². The molecule has 0 radical (unpaired) electrons. The lowest BCUT2D eigenvalue weighted by molar-refractivity contribution is -0.114. The van der Waals surface area contributed by atoms with Crippen LogP contribution in [0.3, 0.4) is 0 Å². The van der Waals surface area contributed by atoms with Gasteiger partial charge < -0.3 is 10.1 Å². The van der Waals surface area contributed by atoms with Gasteiger partial charge in [-0.15, -0.1) is 0 Å². The molecule has 8 heteroatoms. The molecule has 30 heavy (non-hydrogen) atoms. The molecule has 0 bridgehead atoms. The number of sulfonamides is 1. The Bertz CT molecular complexity index is 1010. The number of anilines is 2. The number of benzene rings is 2. The molecule has 0 aliphatic heterocycles. The molecule has 1 amide bonds. The largest absolute Gasteiger partial charge is 0.462 e. The summed E-state index contributed by atoms with van der Waals surface area (Å²) in [4.78, 5) is 24.7. The van der Waals surface area contributed by atoms with Gasteiger partial charge in [0.15, 0.2) is 0 Å². The van der Waals surface area contributed by atoms with Crippen LogP contribution in [-0.4, -0.2) is 39.7 Å². The number of nitrogens with zero attached hydrogens (tertiary/aromatic N) is 1. The normalized spacial score (nSPS) is 11.3. The van der Waals surface area contributed by atoms with Crippen molar-refractivity contribution in [2.45, 2.75) is 33.6 Å². The highest BCUT2D eigenvalue weighted by molar-refractivity contribution is 7.92. The second-order valence-electron chi connectivity index (χ2n) is 7.26. The molecular weight excluding hydrogens is 404 g/mol. The minimum absolute atomic E-state index is 0.244. The van der Waals surface area contributed by atoms with Crippen LogP contribution < -0.4 is 9.62 Å². The number of esters is 1. The van der Waals surface area contributed by atoms with Crippen molar-refractivity contribution >= 4 is 33.3 Å². The smallest absolute Gasteiger partial charge is 0.338 e. The van der Waals surface area contributed by atoms with Gasteiger partial charge in [-0.25, -0.2) is 13.2 Å². The Labute approximate surface area is 178 Å². The fraction of sp³-hybridized carbons (Fsp3) is 0.364. The molecule has 162 valence electrons. The Kier molecular flexibility index (Phi) is 7.61. The summed E-state index contributed by atoms with van der Waals surface area (Å²) in [7, 11) is -3.68. The number of carbonyl (C=O) groups is 2. The SMILES string of the molecule is CCOC(=O)c1cccc(NC(=O)CN(c2ccc(C(C)C)cc2)S(C)(=O)=O)c1C. The van der Waals surface area contributed by atoms with Crippen molar-refractivity contribution in [3.63, 3.8) is 0 Å². The lowest BCUT2D eigenvalue weighted by atomic mass is 10.0. The number of hydrogen-bond donors (Lipinski definition) is 1. The van der Waals surface area contributed by atoms with E-state index in [1.807, 2.05) is 26.0 Å². The molecule has 0 unspecified atom stereocenters. The third-order valence-electron chi connectivity index (χ3n) is 4.64. The monoisotopic (exact) mass is 432 g/mol. The zero-order valence-electron chi connectivity index (χ0n) is 17.9. The molecule has 0 fully saturated rings. The standard InChI is InChI=1S/C22H28N2O5S/c1-6-29-22(26)19-8-7-9-20(16(19)4)23-21(25)14-24(30(5,27)28)18-12-10-17(11-13-18)15(2)3/h7-13,15H,6,14H2,1-5H3,(H,23,25). The van der Waals surface area contributed by atoms with Gasteiger partial charge in [-0.3, -0.25) is 9.10 Å². The predicted octanol–water partition coefficient (Wildman–Crippen LogP) is 3.70. The van der Waals surface area contributed by atoms with Crippen LogP contribution in [0, 0.1) is 6.92 Å². The first-order valence-corrected chi connectivity index (χ1v) is 11.5. The average Bonchev–Trinajstić information content (AvgIpc) is 2.67. The van der Waals surface area contributed by atoms with Crippen LogP contribution in [-0.2, 0) is 19.6 Å². The highest BCUT2D eigenvalue weighted by Crippen LogP contribution is 2.23. The Hall–Kier alpha value is -2.87. The van der Waals surface area contributed by atoms with Gasteiger partial charge in [0.1, 0.15) is 6.54 Å². The summed E-state index contributed by atoms with van der Waals surface area (Å²) in [6.45, 7) is 7.36. The highest BCUT2D eigenvalue weighted by atomic mass is 32.2. The number of nitrogens with one attached hydrogen (secondary N) is 1. The fourth-order valence-electron chi connectivity index (χ4n) is 2.95. The Balaban J connectivity index is 2.23. The minimum Gasteiger partial charge on any atom is -0.462 e. The third-order valence-corrected chi connectivity index (χ3v) is 5.78. The summed E-state index contributed by atoms with van der Waals surface area (Å²) in [6.07, 6.45) is 1.06. The minimum atomic E-state index is -3.68. The first-order valence-electron chi connectivity index (χ1n) is 9.68. The fourth-order valence-corrected chi connectivity index (χ4v) is 3.80. The van der Waals surface area contributed by atoms with E-state index in [4.69, 9.17) is 4.74 Å². The van der Waals surface area contributed by atoms with Gasteiger partial charge in [0.25, 0.3) is 0 Å². The first-order chi connectivity index (χ1) is 14.0. The molecule has 0 saturated carbocycles. The van der Waals surface area contributed by atoms with Crippen molar-refractivity contribution in [3.05, 3.63) is 59.2 Å². The van der Waals surface area contributed by atoms with Crippen molar-refractivity contribution in [2.75, 3.05) is 29.0 Å². The summed E-state index contributed by atoms with van der Waals surface area (Å²) in [5, 5.41) is 2.70. The van der Waals surface area contributed by atoms with Crippen molar-refractivity contribution in [2.24, 2.45) is 0 Å². The molecule has 1 N–H and O–H groups in total. The van der Waals surface area contributed by atoms with Gasteiger partial charge in [0, 0.05) is 5.69 Å². The lowest BCUT2D eigenvalue weighted by Gasteiger charge is -2.23. The maximum absolute atomic E-state index is 12.6. The number of rotatable bonds is 8. The Morgan fingerprint density at radius 3 is 2.27 bits per heavy atom. The zero-order valence-corrected chi connectivity index (χ0v) is 18.7. The summed E-state index contributed by atoms with van der Waals surface area (Å²) in [5.74, 6) is -0.685. The Morgan fingerprint density at radius 2 is 1.73 bits per heavy atom. The van der Waals surface area contributed by atoms with Crippen LogP contribution in [0.25, 0.3) is 0 Å². The quantitative estimate of drug-likeness (QED) is 0.642. The van der Waals surface area contributed by atoms with Gasteiger partial charge in [-0.2, -0.15) is 0 Å². The van der Waals surface area contributed by atoms with Crippen LogP contribution in [0.15, 0.2) is 42.5 Å². The molecule has 0 aliphatic carbocycles. The maximum atomic E-state index is 12.6. The van der Waals surface area contributed by atoms with E-state index in [1.54, 1.807) is 44.2 Å². The van der Waals surface area contributed by atoms with Gasteiger partial charge in [0.05, 0.1) is 24.1 Å². The summed E-state index contributed by atoms with van der Waals surface area (Å²) in [6, 6.07) is 12.0. The van der Waals surface area contributed by atoms with E-state index < -0.39 is 21.9 Å². The van der Waals surface area contributed by atoms with Gasteiger partial charge in [-0.1, -0.05) is 32.0 Å². The van der Waals surface area contributed by atoms with E-state index >= 15 is 0 Å². The van der Waals surface area contributed by atoms with E-state index in [2.05, 4.69) is 5.32 Å². The van der Waals surface area contributed by atoms with Gasteiger partial charge >= 0.3 is 5.97 Å². The molecule has 0 atom stereocenters. The summed E-state index contributed by atoms with van der Waals surface area (Å²) < 4.78 is 30.7. The second kappa shape index (κ2) is 9.75. The lowest BCUT2D eigenvalue weighted by Crippen LogP contribution is -2.37. The maximum Gasteiger partial charge on any atom is 0.338 e. The van der Waals surface area contributed by atoms with Crippen molar-refractivity contribution < 1.29 is 22.7 Å². The number of ether oxygens (including phenoxy) is 1. The van der Waals surface area contributed by atoms with Gasteiger partial charge in [0.2, 0.25) is 15.9 Å². The molecule has 2 aromatic rings. The number of hydrogen-bond acceptors (Lipinski definition) is 5. The summed E-state index contributed by atoms with van der Waals surface area (Å²) >= 11 is 0. The Morgan fingerprint density at radius 1 is 1.10 bits per heavy atom. The number of carbonyl (C=O) groups excluding carboxylic acids is 2. The van der Waals surface area contributed by atoms with Crippen molar-refractivity contribution in [1.29, 1.82) is 0 Å². The van der Waals surface area contributed by atoms with E-state index in [9.17, 15) is 18.0 Å². The van der Waals surface area contributed by atoms with Crippen LogP contribution in [0.4, 0.5) is 11.4 Å². The van der Waals surface area contributed by atoms with E-state index in [0.29, 0.717) is 28.4 Å². The average molecular weight is 433 g/mol. The molecule has 0 aromatic heterocycles. The predicted molar refractivity (Wildman–Crippen MR) is 118 cm³/mol. The molecule has 0 spiro atoms. The van der Waals surface area contributed by atoms with E-state index in [-0.39, 0.29) is 13.2 Å². The zero-order chi connectivity index (χ0) is 22.5. The van der Waals surface area contributed by atoms with Crippen LogP contribution in [0.1, 0.15) is 48.2 Å². The molecule has 0 aliphatic rings. The third kappa shape index (κ3) is 5.82. The molecule has 0 heterocycles. The van der Waals surface area contributed by atoms with Crippen molar-refractivity contribution in [3.8, 4) is 0 Å². The second-order valence-corrected chi connectivity index (χ2v) is 9.17. The summed E-state index contributed by atoms with van der Waals surface area (Å²) in [5.41, 5.74) is 2.81. The van der Waals surface area contributed by atoms with Crippen molar-refractivity contribution in [1.82, 2.24) is 0 Å². The molecule has 2 aromatic carbocycles. The van der Waals surface area contributed by atoms with Gasteiger partial charge in [-0.05, 0) is 55.2 Å². The number of amides is 1.